The lowest BCUT2D eigenvalue weighted by atomic mass is 9.91. The number of unbranched alkanes of at least 4 members (excludes halogenated alkanes) is 1. The Kier molecular flexibility index (Phi) is 19.7. The number of thioether (sulfide) groups is 1. The van der Waals surface area contributed by atoms with Crippen LogP contribution in [0.15, 0.2) is 47.5 Å². The van der Waals surface area contributed by atoms with Gasteiger partial charge in [0.05, 0.1) is 50.4 Å². The second kappa shape index (κ2) is 24.6. The monoisotopic (exact) mass is 822 g/mol. The summed E-state index contributed by atoms with van der Waals surface area (Å²) in [5, 5.41) is 31.5. The zero-order valence-electron chi connectivity index (χ0n) is 34.2. The summed E-state index contributed by atoms with van der Waals surface area (Å²) in [6, 6.07) is 12.0. The van der Waals surface area contributed by atoms with Crippen LogP contribution in [0.2, 0.25) is 0 Å². The Labute approximate surface area is 346 Å². The van der Waals surface area contributed by atoms with Gasteiger partial charge in [0.2, 0.25) is 23.6 Å². The Morgan fingerprint density at radius 1 is 0.983 bits per heavy atom. The fraction of sp³-hybridized carbons (Fsp3) is 0.619. The summed E-state index contributed by atoms with van der Waals surface area (Å²) >= 11 is 1.32. The first-order valence-corrected chi connectivity index (χ1v) is 21.7. The van der Waals surface area contributed by atoms with Gasteiger partial charge in [-0.05, 0) is 73.6 Å². The van der Waals surface area contributed by atoms with Crippen LogP contribution in [0, 0.1) is 23.3 Å². The topological polar surface area (TPSA) is 212 Å². The number of carbonyl (C=O) groups excluding carboxylic acids is 4. The number of nitrogens with two attached hydrogens (primary N) is 1. The van der Waals surface area contributed by atoms with Crippen molar-refractivity contribution in [1.29, 1.82) is 5.26 Å². The molecule has 2 saturated heterocycles. The number of aliphatic hydroxyl groups is 1. The van der Waals surface area contributed by atoms with Crippen LogP contribution in [0.4, 0.5) is 0 Å². The molecule has 0 saturated carbocycles. The second-order valence-electron chi connectivity index (χ2n) is 15.3. The highest BCUT2D eigenvalue weighted by molar-refractivity contribution is 8.13. The smallest absolute Gasteiger partial charge is 0.242 e. The van der Waals surface area contributed by atoms with Gasteiger partial charge >= 0.3 is 0 Å². The summed E-state index contributed by atoms with van der Waals surface area (Å²) in [6.45, 7) is 7.71. The van der Waals surface area contributed by atoms with Gasteiger partial charge in [0.15, 0.2) is 11.4 Å². The zero-order chi connectivity index (χ0) is 41.9. The first kappa shape index (κ1) is 46.4. The van der Waals surface area contributed by atoms with Crippen molar-refractivity contribution in [3.63, 3.8) is 0 Å². The largest absolute Gasteiger partial charge is 0.390 e. The highest BCUT2D eigenvalue weighted by Crippen LogP contribution is 2.24. The molecule has 318 valence electrons. The number of morpholine rings is 2. The number of aliphatic hydroxyl groups excluding tert-OH is 1. The molecule has 2 heterocycles. The number of carbonyl (C=O) groups is 4. The van der Waals surface area contributed by atoms with E-state index in [1.54, 1.807) is 9.80 Å². The van der Waals surface area contributed by atoms with E-state index in [1.807, 2.05) is 68.8 Å². The number of nitrogens with one attached hydrogen (secondary N) is 3. The SMILES string of the molecule is CSC(=NCCCCC(NC(=O)C(CC(=O)N1CCOCC1)Cc1cccc2ccccc12)C(=O)NC(CC(C)C)[C@@H](O)CC(=O)N1CCOC(CCN)C1)NC#N. The number of nitriles is 1. The highest BCUT2D eigenvalue weighted by Gasteiger charge is 2.33. The fourth-order valence-electron chi connectivity index (χ4n) is 7.41. The van der Waals surface area contributed by atoms with Crippen LogP contribution in [0.25, 0.3) is 10.8 Å². The van der Waals surface area contributed by atoms with E-state index < -0.39 is 35.9 Å². The quantitative estimate of drug-likeness (QED) is 0.0431. The van der Waals surface area contributed by atoms with Crippen molar-refractivity contribution in [2.75, 3.05) is 65.3 Å². The molecule has 6 N–H and O–H groups in total. The summed E-state index contributed by atoms with van der Waals surface area (Å²) < 4.78 is 11.2. The number of benzene rings is 2. The minimum absolute atomic E-state index is 0.0497. The Morgan fingerprint density at radius 3 is 2.43 bits per heavy atom. The van der Waals surface area contributed by atoms with E-state index >= 15 is 0 Å². The lowest BCUT2D eigenvalue weighted by Crippen LogP contribution is -2.55. The molecule has 15 nitrogen and oxygen atoms in total. The lowest BCUT2D eigenvalue weighted by Gasteiger charge is -2.34. The third kappa shape index (κ3) is 14.8. The van der Waals surface area contributed by atoms with E-state index in [2.05, 4.69) is 20.9 Å². The van der Waals surface area contributed by atoms with Crippen molar-refractivity contribution in [2.45, 2.75) is 89.5 Å². The van der Waals surface area contributed by atoms with E-state index in [0.29, 0.717) is 89.9 Å². The van der Waals surface area contributed by atoms with Crippen molar-refractivity contribution in [2.24, 2.45) is 22.6 Å². The molecule has 0 bridgehead atoms. The number of hydrogen-bond acceptors (Lipinski definition) is 11. The van der Waals surface area contributed by atoms with E-state index in [9.17, 15) is 24.3 Å². The average Bonchev–Trinajstić information content (AvgIpc) is 3.22. The van der Waals surface area contributed by atoms with Crippen LogP contribution in [0.5, 0.6) is 0 Å². The fourth-order valence-corrected chi connectivity index (χ4v) is 7.78. The van der Waals surface area contributed by atoms with Gasteiger partial charge in [-0.2, -0.15) is 5.26 Å². The van der Waals surface area contributed by atoms with Gasteiger partial charge in [-0.25, -0.2) is 0 Å². The van der Waals surface area contributed by atoms with Crippen LogP contribution in [-0.4, -0.2) is 133 Å². The van der Waals surface area contributed by atoms with Gasteiger partial charge in [0.1, 0.15) is 6.04 Å². The first-order chi connectivity index (χ1) is 28.0. The number of fused-ring (bicyclic) bond motifs is 1. The van der Waals surface area contributed by atoms with Crippen LogP contribution in [-0.2, 0) is 35.1 Å². The molecule has 2 fully saturated rings. The van der Waals surface area contributed by atoms with E-state index in [4.69, 9.17) is 20.5 Å². The highest BCUT2D eigenvalue weighted by atomic mass is 32.2. The lowest BCUT2D eigenvalue weighted by molar-refractivity contribution is -0.142. The number of amides is 4. The summed E-state index contributed by atoms with van der Waals surface area (Å²) in [5.41, 5.74) is 6.63. The molecule has 2 aliphatic heterocycles. The third-order valence-electron chi connectivity index (χ3n) is 10.5. The molecule has 16 heteroatoms. The summed E-state index contributed by atoms with van der Waals surface area (Å²) in [4.78, 5) is 63.5. The molecular formula is C42H62N8O7S. The molecule has 4 unspecified atom stereocenters. The van der Waals surface area contributed by atoms with E-state index in [-0.39, 0.29) is 49.5 Å². The number of aliphatic imine (C=N–C) groups is 1. The molecule has 2 aromatic rings. The molecule has 58 heavy (non-hydrogen) atoms. The van der Waals surface area contributed by atoms with E-state index in [1.165, 1.54) is 11.8 Å². The predicted octanol–water partition coefficient (Wildman–Crippen LogP) is 2.55. The molecule has 2 aromatic carbocycles. The van der Waals surface area contributed by atoms with Gasteiger partial charge < -0.3 is 40.7 Å². The number of rotatable bonds is 20. The molecule has 4 rings (SSSR count). The van der Waals surface area contributed by atoms with Crippen LogP contribution in [0.3, 0.4) is 0 Å². The maximum atomic E-state index is 14.4. The molecule has 0 radical (unpaired) electrons. The van der Waals surface area contributed by atoms with Gasteiger partial charge in [0, 0.05) is 39.1 Å². The van der Waals surface area contributed by atoms with Crippen molar-refractivity contribution in [1.82, 2.24) is 25.8 Å². The van der Waals surface area contributed by atoms with Crippen molar-refractivity contribution < 1.29 is 33.8 Å². The zero-order valence-corrected chi connectivity index (χ0v) is 35.0. The minimum atomic E-state index is -1.18. The molecule has 0 aliphatic carbocycles. The minimum Gasteiger partial charge on any atom is -0.390 e. The Balaban J connectivity index is 1.55. The summed E-state index contributed by atoms with van der Waals surface area (Å²) in [5.74, 6) is -2.01. The Morgan fingerprint density at radius 2 is 1.71 bits per heavy atom. The van der Waals surface area contributed by atoms with Crippen molar-refractivity contribution in [3.05, 3.63) is 48.0 Å². The average molecular weight is 823 g/mol. The van der Waals surface area contributed by atoms with Crippen molar-refractivity contribution in [3.8, 4) is 6.19 Å². The van der Waals surface area contributed by atoms with Crippen LogP contribution >= 0.6 is 11.8 Å². The first-order valence-electron chi connectivity index (χ1n) is 20.5. The van der Waals surface area contributed by atoms with Crippen LogP contribution in [0.1, 0.15) is 64.4 Å². The van der Waals surface area contributed by atoms with Crippen LogP contribution < -0.4 is 21.7 Å². The van der Waals surface area contributed by atoms with Crippen molar-refractivity contribution >= 4 is 51.3 Å². The molecule has 2 aliphatic rings. The number of hydrogen-bond donors (Lipinski definition) is 5. The van der Waals surface area contributed by atoms with Gasteiger partial charge in [-0.1, -0.05) is 68.1 Å². The number of amidine groups is 1. The maximum absolute atomic E-state index is 14.4. The molecule has 4 amide bonds. The Bertz CT molecular complexity index is 1710. The normalized spacial score (nSPS) is 18.2. The van der Waals surface area contributed by atoms with Gasteiger partial charge in [-0.3, -0.25) is 29.5 Å². The van der Waals surface area contributed by atoms with Gasteiger partial charge in [-0.15, -0.1) is 0 Å². The summed E-state index contributed by atoms with van der Waals surface area (Å²) in [6.07, 6.45) is 4.74. The number of nitrogens with zero attached hydrogens (tertiary/aromatic N) is 4. The third-order valence-corrected chi connectivity index (χ3v) is 11.1. The predicted molar refractivity (Wildman–Crippen MR) is 226 cm³/mol. The second-order valence-corrected chi connectivity index (χ2v) is 16.1. The van der Waals surface area contributed by atoms with Gasteiger partial charge in [0.25, 0.3) is 0 Å². The Hall–Kier alpha value is -4.27. The number of ether oxygens (including phenoxy) is 2. The van der Waals surface area contributed by atoms with E-state index in [0.717, 1.165) is 16.3 Å². The maximum Gasteiger partial charge on any atom is 0.242 e. The molecular weight excluding hydrogens is 761 g/mol. The standard InChI is InChI=1S/C42H62N8O7S/c1-29(2)23-36(37(51)26-39(53)50-19-22-57-33(27-50)14-15-43)48-41(55)35(13-6-7-16-45-42(58-3)46-28-44)47-40(54)32(25-38(52)49-17-20-56-21-18-49)24-31-11-8-10-30-9-4-5-12-34(30)31/h4-5,8-12,29,32-33,35-37,51H,6-7,13-27,43H2,1-3H3,(H,45,46)(H,47,54)(H,48,55)/t32?,33?,35?,36?,37-/m0/s1. The summed E-state index contributed by atoms with van der Waals surface area (Å²) in [7, 11) is 0. The molecule has 0 aromatic heterocycles. The molecule has 5 atom stereocenters. The molecule has 0 spiro atoms.